The molecular weight excluding hydrogens is 1130 g/mol. The van der Waals surface area contributed by atoms with Gasteiger partial charge in [-0.15, -0.1) is 0 Å². The van der Waals surface area contributed by atoms with Gasteiger partial charge in [-0.3, -0.25) is 33.6 Å². The highest BCUT2D eigenvalue weighted by Crippen LogP contribution is 2.29. The maximum absolute atomic E-state index is 14.4. The van der Waals surface area contributed by atoms with Crippen molar-refractivity contribution in [3.8, 4) is 0 Å². The lowest BCUT2D eigenvalue weighted by Gasteiger charge is -2.30. The van der Waals surface area contributed by atoms with Crippen molar-refractivity contribution in [2.24, 2.45) is 5.11 Å². The van der Waals surface area contributed by atoms with E-state index in [1.807, 2.05) is 0 Å². The first-order valence-electron chi connectivity index (χ1n) is 26.9. The van der Waals surface area contributed by atoms with Crippen LogP contribution in [-0.2, 0) is 119 Å². The topological polar surface area (TPSA) is 426 Å². The number of amides is 7. The minimum atomic E-state index is -1.45. The summed E-state index contributed by atoms with van der Waals surface area (Å²) in [5, 5.41) is 23.0. The molecule has 0 aromatic carbocycles. The summed E-state index contributed by atoms with van der Waals surface area (Å²) in [5.74, 6) is -6.14. The average Bonchev–Trinajstić information content (AvgIpc) is 3.97. The summed E-state index contributed by atoms with van der Waals surface area (Å²) in [6.45, 7) is -0.940. The Bertz CT molecular complexity index is 2410. The van der Waals surface area contributed by atoms with E-state index < -0.39 is 193 Å². The molecule has 7 amide bonds. The zero-order chi connectivity index (χ0) is 60.5. The summed E-state index contributed by atoms with van der Waals surface area (Å²) < 4.78 is 95.5. The van der Waals surface area contributed by atoms with Gasteiger partial charge in [-0.25, -0.2) is 4.79 Å². The molecule has 0 saturated carbocycles. The molecule has 24 atom stereocenters. The summed E-state index contributed by atoms with van der Waals surface area (Å²) in [6.07, 6.45) is -17.5. The molecular formula is C49H74N10O25. The van der Waals surface area contributed by atoms with Crippen LogP contribution in [0.15, 0.2) is 5.11 Å². The molecule has 470 valence electrons. The maximum atomic E-state index is 14.4. The van der Waals surface area contributed by atoms with Crippen LogP contribution in [0.5, 0.6) is 0 Å². The third-order valence-electron chi connectivity index (χ3n) is 16.3. The van der Waals surface area contributed by atoms with Crippen LogP contribution in [0.3, 0.4) is 0 Å². The Morgan fingerprint density at radius 1 is 0.321 bits per heavy atom. The monoisotopic (exact) mass is 1200 g/mol. The third-order valence-corrected chi connectivity index (χ3v) is 16.3. The van der Waals surface area contributed by atoms with Crippen LogP contribution in [0.25, 0.3) is 10.4 Å². The summed E-state index contributed by atoms with van der Waals surface area (Å²) in [7, 11) is 12.1. The fourth-order valence-corrected chi connectivity index (χ4v) is 11.6. The molecule has 0 radical (unpaired) electrons. The normalized spacial score (nSPS) is 39.7. The Hall–Kier alpha value is -5.57. The van der Waals surface area contributed by atoms with Crippen molar-refractivity contribution in [1.29, 1.82) is 0 Å². The van der Waals surface area contributed by atoms with Gasteiger partial charge in [0.2, 0.25) is 5.91 Å². The standard InChI is InChI=1S/C49H74N10O25/c1-68-18-10-78-35(43(61)53-28-20(70-3)12-80-37(28)45(63)55-30-22(72-5)14-82-39(30)47(65)57-32-24(74-7)16-84-41(32)49(67)76-9)26(18)51-42(60)34-27(19(69-2)11-77-34)52-44(62)36-29(21(71-4)13-79-36)54-46(64)38-31(23(73-6)15-81-38)56-48(66)40-33(58-59-50)25(75-8)17-83-40/h18-41H,10-17H2,1-9H3,(H,51,60)(H,52,62)(H,53,61)(H,54,64)(H,55,63)(H,56,66)(H,57,65)/t18-,19-,20-,21-,22-,23-,24-,25-,26-,27-,28-,29-,30-,31-,32-,33-,34-,35-,36-,37-,38-,39-,40-,41-/m1/s1. The average molecular weight is 1200 g/mol. The molecule has 8 rings (SSSR count). The molecule has 0 aromatic rings. The van der Waals surface area contributed by atoms with Crippen molar-refractivity contribution in [2.75, 3.05) is 117 Å². The van der Waals surface area contributed by atoms with Gasteiger partial charge in [-0.1, -0.05) is 5.11 Å². The molecule has 0 aliphatic carbocycles. The van der Waals surface area contributed by atoms with Crippen LogP contribution >= 0.6 is 0 Å². The molecule has 8 fully saturated rings. The maximum Gasteiger partial charge on any atom is 0.337 e. The van der Waals surface area contributed by atoms with Crippen LogP contribution in [-0.4, -0.2) is 310 Å². The van der Waals surface area contributed by atoms with E-state index >= 15 is 0 Å². The second-order valence-electron chi connectivity index (χ2n) is 20.7. The number of azide groups is 1. The summed E-state index contributed by atoms with van der Waals surface area (Å²) in [6, 6.07) is -8.87. The number of nitrogens with one attached hydrogen (secondary N) is 7. The van der Waals surface area contributed by atoms with Gasteiger partial charge < -0.3 is 118 Å². The zero-order valence-corrected chi connectivity index (χ0v) is 47.6. The largest absolute Gasteiger partial charge is 0.467 e. The van der Waals surface area contributed by atoms with E-state index in [-0.39, 0.29) is 52.9 Å². The SMILES string of the molecule is COC(=O)[C@@H]1OC[C@@H](OC)[C@H]1NC(=O)[C@@H]1OC[C@@H](OC)[C@H]1NC(=O)[C@@H]1OC[C@@H](OC)[C@H]1NC(=O)[C@@H]1OC[C@@H](OC)[C@H]1NC(=O)[C@@H]1OC[C@@H](OC)[C@H]1NC(=O)[C@@H]1OC[C@@H](OC)[C@H]1NC(=O)[C@@H]1OC[C@@H](OC)[C@H]1NC(=O)[C@@H]1OC[C@@H](OC)[C@H]1N=[N+]=[N-]. The van der Waals surface area contributed by atoms with E-state index in [1.54, 1.807) is 0 Å². The molecule has 0 spiro atoms. The number of methoxy groups -OCH3 is 9. The third kappa shape index (κ3) is 13.5. The first-order valence-corrected chi connectivity index (χ1v) is 26.9. The number of ether oxygens (including phenoxy) is 17. The van der Waals surface area contributed by atoms with E-state index in [2.05, 4.69) is 47.2 Å². The lowest BCUT2D eigenvalue weighted by molar-refractivity contribution is -0.152. The van der Waals surface area contributed by atoms with Crippen LogP contribution in [0.2, 0.25) is 0 Å². The fraction of sp³-hybridized carbons (Fsp3) is 0.837. The van der Waals surface area contributed by atoms with Crippen LogP contribution in [0, 0.1) is 0 Å². The number of hydrogen-bond donors (Lipinski definition) is 7. The molecule has 7 N–H and O–H groups in total. The van der Waals surface area contributed by atoms with Crippen LogP contribution < -0.4 is 37.2 Å². The number of esters is 1. The molecule has 35 heteroatoms. The van der Waals surface area contributed by atoms with Crippen LogP contribution in [0.1, 0.15) is 0 Å². The number of carbonyl (C=O) groups is 8. The molecule has 84 heavy (non-hydrogen) atoms. The number of hydrogen-bond acceptors (Lipinski definition) is 26. The minimum absolute atomic E-state index is 0.0169. The zero-order valence-electron chi connectivity index (χ0n) is 47.6. The lowest BCUT2D eigenvalue weighted by atomic mass is 10.0. The Morgan fingerprint density at radius 3 is 0.726 bits per heavy atom. The van der Waals surface area contributed by atoms with E-state index in [0.29, 0.717) is 0 Å². The van der Waals surface area contributed by atoms with E-state index in [4.69, 9.17) is 86.1 Å². The van der Waals surface area contributed by atoms with Gasteiger partial charge in [-0.2, -0.15) is 0 Å². The smallest absolute Gasteiger partial charge is 0.337 e. The fourth-order valence-electron chi connectivity index (χ4n) is 11.6. The molecule has 35 nitrogen and oxygen atoms in total. The first kappa shape index (κ1) is 64.4. The first-order chi connectivity index (χ1) is 40.5. The molecule has 8 saturated heterocycles. The van der Waals surface area contributed by atoms with Gasteiger partial charge in [0.05, 0.1) is 108 Å². The van der Waals surface area contributed by atoms with Gasteiger partial charge in [0.25, 0.3) is 35.4 Å². The van der Waals surface area contributed by atoms with Gasteiger partial charge >= 0.3 is 5.97 Å². The summed E-state index contributed by atoms with van der Waals surface area (Å²) in [4.78, 5) is 114. The van der Waals surface area contributed by atoms with Crippen molar-refractivity contribution in [3.05, 3.63) is 10.4 Å². The Labute approximate surface area is 480 Å². The highest BCUT2D eigenvalue weighted by atomic mass is 16.6. The summed E-state index contributed by atoms with van der Waals surface area (Å²) >= 11 is 0. The highest BCUT2D eigenvalue weighted by Gasteiger charge is 2.55. The van der Waals surface area contributed by atoms with Crippen molar-refractivity contribution in [3.63, 3.8) is 0 Å². The second kappa shape index (κ2) is 29.2. The van der Waals surface area contributed by atoms with E-state index in [9.17, 15) is 38.4 Å². The van der Waals surface area contributed by atoms with E-state index in [1.165, 1.54) is 64.0 Å². The molecule has 0 unspecified atom stereocenters. The van der Waals surface area contributed by atoms with Gasteiger partial charge in [0.1, 0.15) is 54.9 Å². The number of rotatable bonds is 24. The number of carbonyl (C=O) groups excluding carboxylic acids is 8. The Kier molecular flexibility index (Phi) is 22.4. The van der Waals surface area contributed by atoms with E-state index in [0.717, 1.165) is 0 Å². The molecule has 0 aromatic heterocycles. The second-order valence-corrected chi connectivity index (χ2v) is 20.7. The van der Waals surface area contributed by atoms with Gasteiger partial charge in [0.15, 0.2) is 42.7 Å². The van der Waals surface area contributed by atoms with Crippen molar-refractivity contribution >= 4 is 47.3 Å². The summed E-state index contributed by atoms with van der Waals surface area (Å²) in [5.41, 5.74) is 9.14. The number of nitrogens with zero attached hydrogens (tertiary/aromatic N) is 3. The van der Waals surface area contributed by atoms with Crippen molar-refractivity contribution in [2.45, 2.75) is 146 Å². The molecule has 8 aliphatic heterocycles. The molecule has 0 bridgehead atoms. The minimum Gasteiger partial charge on any atom is -0.467 e. The van der Waals surface area contributed by atoms with Gasteiger partial charge in [0, 0.05) is 61.8 Å². The molecule has 8 heterocycles. The quantitative estimate of drug-likeness (QED) is 0.0204. The van der Waals surface area contributed by atoms with Crippen molar-refractivity contribution in [1.82, 2.24) is 37.2 Å². The van der Waals surface area contributed by atoms with Gasteiger partial charge in [-0.05, 0) is 5.53 Å². The Balaban J connectivity index is 0.904. The molecule has 8 aliphatic rings. The Morgan fingerprint density at radius 2 is 0.512 bits per heavy atom. The highest BCUT2D eigenvalue weighted by molar-refractivity contribution is 5.91. The predicted octanol–water partition coefficient (Wildman–Crippen LogP) is -7.46. The predicted molar refractivity (Wildman–Crippen MR) is 273 cm³/mol. The van der Waals surface area contributed by atoms with Crippen molar-refractivity contribution < 1.29 is 119 Å². The van der Waals surface area contributed by atoms with Crippen LogP contribution in [0.4, 0.5) is 0 Å². The lowest BCUT2D eigenvalue weighted by Crippen LogP contribution is -2.62.